The summed E-state index contributed by atoms with van der Waals surface area (Å²) in [6.45, 7) is -0.864. The van der Waals surface area contributed by atoms with E-state index in [9.17, 15) is 27.7 Å². The standard InChI is InChI=1S/C23H36O7/c1-4-13(2)23(29)30-20-11-17(25)9-15-6-5-14(3)19(22(15)20)8-7-16(24)10-18(26)12-21(27)28/h5-6,9,13-14,16-20,22,24-26H,4,7-8,10-12H2,1-3H3,(H,27,28)/t13-,14-,16+,17+,18+,19-,20-,22-/m0/s1/i3D3,5D,6D,9D,11D2,14D,19D,20D,22D. The number of aliphatic carboxylic acids is 1. The van der Waals surface area contributed by atoms with Gasteiger partial charge in [-0.05, 0) is 43.0 Å². The summed E-state index contributed by atoms with van der Waals surface area (Å²) in [5, 5.41) is 40.1. The van der Waals surface area contributed by atoms with E-state index in [2.05, 4.69) is 0 Å². The summed E-state index contributed by atoms with van der Waals surface area (Å²) in [6, 6.07) is -3.98. The molecule has 2 aliphatic carbocycles. The maximum atomic E-state index is 13.0. The van der Waals surface area contributed by atoms with E-state index in [1.165, 1.54) is 13.8 Å². The quantitative estimate of drug-likeness (QED) is 0.388. The summed E-state index contributed by atoms with van der Waals surface area (Å²) >= 11 is 0. The van der Waals surface area contributed by atoms with E-state index >= 15 is 0 Å². The van der Waals surface area contributed by atoms with Crippen LogP contribution in [0.4, 0.5) is 0 Å². The number of hydrogen-bond donors (Lipinski definition) is 4. The first-order valence-corrected chi connectivity index (χ1v) is 9.71. The van der Waals surface area contributed by atoms with Gasteiger partial charge < -0.3 is 25.2 Å². The van der Waals surface area contributed by atoms with Crippen molar-refractivity contribution in [3.8, 4) is 0 Å². The number of aliphatic hydroxyl groups is 3. The SMILES string of the molecule is [2H]C1=C([2H])[C@]([2H])(C([2H])([2H])[2H])[C@]([2H])(CC[C@@H](O)C[C@@H](O)CC(=O)O)[C@]2([2H])C1=C([2H])[C@@H](O)C([2H])([2H])[C@]2([2H])OC(=O)[C@@H](C)CC. The number of carboxylic acid groups (broad SMARTS) is 1. The molecule has 8 atom stereocenters. The molecule has 0 bridgehead atoms. The van der Waals surface area contributed by atoms with Crippen LogP contribution >= 0.6 is 0 Å². The lowest BCUT2D eigenvalue weighted by atomic mass is 9.66. The van der Waals surface area contributed by atoms with Crippen LogP contribution in [0.2, 0.25) is 0 Å². The minimum Gasteiger partial charge on any atom is -0.481 e. The molecule has 4 N–H and O–H groups in total. The predicted molar refractivity (Wildman–Crippen MR) is 111 cm³/mol. The molecule has 0 saturated carbocycles. The smallest absolute Gasteiger partial charge is 0.308 e. The van der Waals surface area contributed by atoms with Gasteiger partial charge in [-0.1, -0.05) is 38.9 Å². The molecule has 2 rings (SSSR count). The number of allylic oxidation sites excluding steroid dienone is 2. The molecule has 7 nitrogen and oxygen atoms in total. The summed E-state index contributed by atoms with van der Waals surface area (Å²) in [5.41, 5.74) is -1.16. The fourth-order valence-electron chi connectivity index (χ4n) is 2.99. The molecular formula is C23H36O7. The first kappa shape index (κ1) is 12.4. The van der Waals surface area contributed by atoms with Crippen molar-refractivity contribution in [1.82, 2.24) is 0 Å². The summed E-state index contributed by atoms with van der Waals surface area (Å²) in [4.78, 5) is 23.9. The second-order valence-corrected chi connectivity index (χ2v) is 7.28. The lowest BCUT2D eigenvalue weighted by molar-refractivity contribution is -0.159. The second kappa shape index (κ2) is 11.1. The highest BCUT2D eigenvalue weighted by Crippen LogP contribution is 2.44. The maximum Gasteiger partial charge on any atom is 0.308 e. The van der Waals surface area contributed by atoms with Gasteiger partial charge in [0, 0.05) is 23.2 Å². The van der Waals surface area contributed by atoms with E-state index in [-0.39, 0.29) is 6.42 Å². The van der Waals surface area contributed by atoms with Gasteiger partial charge in [-0.25, -0.2) is 0 Å². The van der Waals surface area contributed by atoms with Crippen LogP contribution < -0.4 is 0 Å². The van der Waals surface area contributed by atoms with Crippen molar-refractivity contribution in [3.63, 3.8) is 0 Å². The van der Waals surface area contributed by atoms with Crippen molar-refractivity contribution in [1.29, 1.82) is 0 Å². The van der Waals surface area contributed by atoms with Gasteiger partial charge in [0.05, 0.1) is 36.1 Å². The highest BCUT2D eigenvalue weighted by molar-refractivity contribution is 5.72. The fourth-order valence-corrected chi connectivity index (χ4v) is 2.99. The van der Waals surface area contributed by atoms with Crippen molar-refractivity contribution in [2.24, 2.45) is 23.6 Å². The normalized spacial score (nSPS) is 50.0. The molecule has 0 radical (unpaired) electrons. The van der Waals surface area contributed by atoms with Crippen molar-refractivity contribution >= 4 is 11.9 Å². The van der Waals surface area contributed by atoms with Crippen molar-refractivity contribution in [2.45, 2.75) is 83.6 Å². The molecule has 0 aromatic heterocycles. The molecule has 0 unspecified atom stereocenters. The topological polar surface area (TPSA) is 124 Å². The van der Waals surface area contributed by atoms with Crippen LogP contribution in [0, 0.1) is 23.6 Å². The summed E-state index contributed by atoms with van der Waals surface area (Å²) in [6.07, 6.45) is -16.5. The lowest BCUT2D eigenvalue weighted by Crippen LogP contribution is -2.43. The van der Waals surface area contributed by atoms with E-state index in [1.807, 2.05) is 0 Å². The van der Waals surface area contributed by atoms with Gasteiger partial charge in [0.25, 0.3) is 0 Å². The number of carbonyl (C=O) groups is 2. The van der Waals surface area contributed by atoms with Crippen LogP contribution in [0.25, 0.3) is 0 Å². The van der Waals surface area contributed by atoms with Gasteiger partial charge in [-0.15, -0.1) is 0 Å². The Morgan fingerprint density at radius 1 is 1.43 bits per heavy atom. The van der Waals surface area contributed by atoms with Gasteiger partial charge >= 0.3 is 11.9 Å². The van der Waals surface area contributed by atoms with E-state index < -0.39 is 123 Å². The number of aliphatic hydroxyl groups excluding tert-OH is 3. The van der Waals surface area contributed by atoms with Gasteiger partial charge in [0.2, 0.25) is 0 Å². The number of carboxylic acids is 1. The third-order valence-corrected chi connectivity index (χ3v) is 4.84. The molecule has 170 valence electrons. The number of ether oxygens (including phenoxy) is 1. The van der Waals surface area contributed by atoms with Crippen LogP contribution in [0.5, 0.6) is 0 Å². The van der Waals surface area contributed by atoms with Crippen LogP contribution in [0.3, 0.4) is 0 Å². The first-order chi connectivity index (χ1) is 18.8. The highest BCUT2D eigenvalue weighted by Gasteiger charge is 2.42. The first-order valence-electron chi connectivity index (χ1n) is 15.7. The monoisotopic (exact) mass is 436 g/mol. The minimum absolute atomic E-state index is 0.0901. The Hall–Kier alpha value is -1.70. The third-order valence-electron chi connectivity index (χ3n) is 4.84. The van der Waals surface area contributed by atoms with Crippen molar-refractivity contribution in [2.75, 3.05) is 0 Å². The largest absolute Gasteiger partial charge is 0.481 e. The van der Waals surface area contributed by atoms with Gasteiger partial charge in [0.15, 0.2) is 0 Å². The summed E-state index contributed by atoms with van der Waals surface area (Å²) < 4.78 is 109. The molecule has 0 saturated heterocycles. The van der Waals surface area contributed by atoms with Gasteiger partial charge in [0.1, 0.15) is 6.08 Å². The Balaban J connectivity index is 2.98. The molecular weight excluding hydrogens is 388 g/mol. The molecule has 0 aromatic carbocycles. The molecule has 0 heterocycles. The Labute approximate surface area is 195 Å². The van der Waals surface area contributed by atoms with Gasteiger partial charge in [-0.2, -0.15) is 0 Å². The fraction of sp³-hybridized carbons (Fsp3) is 0.739. The van der Waals surface area contributed by atoms with Crippen LogP contribution in [0.15, 0.2) is 23.7 Å². The van der Waals surface area contributed by atoms with E-state index in [0.717, 1.165) is 0 Å². The zero-order valence-electron chi connectivity index (χ0n) is 28.9. The Bertz CT molecular complexity index is 1160. The maximum absolute atomic E-state index is 13.0. The lowest BCUT2D eigenvalue weighted by Gasteiger charge is -2.43. The number of hydrogen-bond acceptors (Lipinski definition) is 6. The molecule has 0 aliphatic heterocycles. The average molecular weight is 437 g/mol. The molecule has 2 aliphatic rings. The minimum atomic E-state index is -3.78. The third kappa shape index (κ3) is 6.65. The van der Waals surface area contributed by atoms with E-state index in [0.29, 0.717) is 0 Å². The average Bonchev–Trinajstić information content (AvgIpc) is 2.86. The molecule has 0 aromatic rings. The van der Waals surface area contributed by atoms with Crippen LogP contribution in [-0.2, 0) is 14.3 Å². The number of rotatable bonds is 10. The summed E-state index contributed by atoms with van der Waals surface area (Å²) in [5.74, 6) is -14.4. The van der Waals surface area contributed by atoms with Gasteiger partial charge in [-0.3, -0.25) is 9.59 Å². The Morgan fingerprint density at radius 2 is 2.17 bits per heavy atom. The van der Waals surface area contributed by atoms with Crippen molar-refractivity contribution in [3.05, 3.63) is 23.7 Å². The second-order valence-electron chi connectivity index (χ2n) is 7.28. The molecule has 0 amide bonds. The molecule has 0 fully saturated rings. The number of esters is 1. The van der Waals surface area contributed by atoms with E-state index in [4.69, 9.17) is 23.6 Å². The Morgan fingerprint density at radius 3 is 2.80 bits per heavy atom. The highest BCUT2D eigenvalue weighted by atomic mass is 16.5. The van der Waals surface area contributed by atoms with Crippen molar-refractivity contribution < 1.29 is 51.2 Å². The molecule has 7 heteroatoms. The zero-order valence-corrected chi connectivity index (χ0v) is 16.9. The predicted octanol–water partition coefficient (Wildman–Crippen LogP) is 2.44. The number of fused-ring (bicyclic) bond motifs is 1. The molecule has 30 heavy (non-hydrogen) atoms. The van der Waals surface area contributed by atoms with Crippen LogP contribution in [0.1, 0.15) is 75.6 Å². The Kier molecular flexibility index (Phi) is 4.56. The molecule has 0 spiro atoms. The van der Waals surface area contributed by atoms with Crippen LogP contribution in [-0.4, -0.2) is 56.8 Å². The number of carbonyl (C=O) groups excluding carboxylic acids is 1. The van der Waals surface area contributed by atoms with E-state index in [1.54, 1.807) is 0 Å². The summed E-state index contributed by atoms with van der Waals surface area (Å²) in [7, 11) is 0. The zero-order chi connectivity index (χ0) is 33.0.